The van der Waals surface area contributed by atoms with Crippen LogP contribution >= 0.6 is 11.8 Å². The van der Waals surface area contributed by atoms with Gasteiger partial charge in [0.15, 0.2) is 0 Å². The molecule has 2 heterocycles. The second-order valence-electron chi connectivity index (χ2n) is 5.61. The molecule has 0 aliphatic carbocycles. The number of hydrogen-bond donors (Lipinski definition) is 1. The van der Waals surface area contributed by atoms with Gasteiger partial charge in [-0.25, -0.2) is 4.39 Å². The maximum atomic E-state index is 12.8. The van der Waals surface area contributed by atoms with Gasteiger partial charge in [-0.2, -0.15) is 0 Å². The van der Waals surface area contributed by atoms with Crippen LogP contribution in [0.3, 0.4) is 0 Å². The molecule has 2 amide bonds. The molecule has 0 bridgehead atoms. The summed E-state index contributed by atoms with van der Waals surface area (Å²) in [5, 5.41) is 2.84. The highest BCUT2D eigenvalue weighted by Gasteiger charge is 2.52. The molecule has 2 saturated heterocycles. The van der Waals surface area contributed by atoms with Crippen LogP contribution in [0.1, 0.15) is 25.3 Å². The molecule has 0 saturated carbocycles. The zero-order valence-corrected chi connectivity index (χ0v) is 12.6. The quantitative estimate of drug-likeness (QED) is 0.928. The lowest BCUT2D eigenvalue weighted by Gasteiger charge is -2.29. The van der Waals surface area contributed by atoms with Crippen LogP contribution in [0.5, 0.6) is 0 Å². The van der Waals surface area contributed by atoms with Crippen LogP contribution in [0.2, 0.25) is 0 Å². The molecule has 2 aliphatic heterocycles. The Hall–Kier alpha value is -1.56. The molecule has 2 fully saturated rings. The maximum absolute atomic E-state index is 12.8. The van der Waals surface area contributed by atoms with E-state index in [1.54, 1.807) is 28.8 Å². The van der Waals surface area contributed by atoms with E-state index in [2.05, 4.69) is 5.32 Å². The summed E-state index contributed by atoms with van der Waals surface area (Å²) in [6.07, 6.45) is 1.32. The Balaban J connectivity index is 1.63. The van der Waals surface area contributed by atoms with E-state index >= 15 is 0 Å². The topological polar surface area (TPSA) is 49.4 Å². The first-order valence-corrected chi connectivity index (χ1v) is 7.96. The fraction of sp³-hybridized carbons (Fsp3) is 0.467. The van der Waals surface area contributed by atoms with Crippen molar-refractivity contribution < 1.29 is 14.0 Å². The van der Waals surface area contributed by atoms with E-state index in [4.69, 9.17) is 0 Å². The lowest BCUT2D eigenvalue weighted by atomic mass is 10.2. The predicted octanol–water partition coefficient (Wildman–Crippen LogP) is 1.90. The van der Waals surface area contributed by atoms with E-state index < -0.39 is 6.04 Å². The Kier molecular flexibility index (Phi) is 3.65. The summed E-state index contributed by atoms with van der Waals surface area (Å²) in [6, 6.07) is 5.63. The number of fused-ring (bicyclic) bond motifs is 1. The first-order valence-electron chi connectivity index (χ1n) is 6.98. The third-order valence-electron chi connectivity index (χ3n) is 4.13. The van der Waals surface area contributed by atoms with Gasteiger partial charge in [0.25, 0.3) is 0 Å². The van der Waals surface area contributed by atoms with Crippen LogP contribution in [0.25, 0.3) is 0 Å². The smallest absolute Gasteiger partial charge is 0.243 e. The number of halogens is 1. The Bertz CT molecular complexity index is 578. The molecule has 21 heavy (non-hydrogen) atoms. The number of thioether (sulfide) groups is 1. The van der Waals surface area contributed by atoms with Gasteiger partial charge < -0.3 is 10.2 Å². The van der Waals surface area contributed by atoms with Crippen molar-refractivity contribution in [1.82, 2.24) is 10.2 Å². The third-order valence-corrected chi connectivity index (χ3v) is 5.63. The van der Waals surface area contributed by atoms with Gasteiger partial charge in [-0.3, -0.25) is 9.59 Å². The summed E-state index contributed by atoms with van der Waals surface area (Å²) in [5.41, 5.74) is 0.839. The second kappa shape index (κ2) is 5.33. The molecule has 1 aromatic carbocycles. The summed E-state index contributed by atoms with van der Waals surface area (Å²) in [5.74, 6) is 0.267. The minimum absolute atomic E-state index is 0.0597. The summed E-state index contributed by atoms with van der Waals surface area (Å²) >= 11 is 1.67. The molecule has 0 spiro atoms. The lowest BCUT2D eigenvalue weighted by molar-refractivity contribution is -0.138. The van der Waals surface area contributed by atoms with Crippen LogP contribution in [-0.2, 0) is 16.1 Å². The molecule has 0 unspecified atom stereocenters. The van der Waals surface area contributed by atoms with E-state index in [0.717, 1.165) is 12.0 Å². The number of carbonyl (C=O) groups excluding carboxylic acids is 2. The normalized spacial score (nSPS) is 27.8. The van der Waals surface area contributed by atoms with Crippen molar-refractivity contribution in [3.63, 3.8) is 0 Å². The molecule has 6 heteroatoms. The van der Waals surface area contributed by atoms with Crippen molar-refractivity contribution in [2.24, 2.45) is 0 Å². The largest absolute Gasteiger partial charge is 0.350 e. The van der Waals surface area contributed by atoms with E-state index in [0.29, 0.717) is 18.7 Å². The fourth-order valence-electron chi connectivity index (χ4n) is 2.92. The highest BCUT2D eigenvalue weighted by atomic mass is 32.2. The van der Waals surface area contributed by atoms with Gasteiger partial charge in [0, 0.05) is 18.7 Å². The maximum Gasteiger partial charge on any atom is 0.243 e. The van der Waals surface area contributed by atoms with Crippen molar-refractivity contribution in [2.75, 3.05) is 5.75 Å². The first kappa shape index (κ1) is 14.4. The van der Waals surface area contributed by atoms with E-state index in [1.807, 2.05) is 6.92 Å². The van der Waals surface area contributed by atoms with E-state index in [-0.39, 0.29) is 22.5 Å². The Morgan fingerprint density at radius 3 is 2.90 bits per heavy atom. The molecule has 2 aliphatic rings. The van der Waals surface area contributed by atoms with Crippen molar-refractivity contribution in [2.45, 2.75) is 37.2 Å². The van der Waals surface area contributed by atoms with Crippen LogP contribution in [0, 0.1) is 5.82 Å². The number of rotatable bonds is 3. The Labute approximate surface area is 127 Å². The molecule has 4 nitrogen and oxygen atoms in total. The highest BCUT2D eigenvalue weighted by Crippen LogP contribution is 2.47. The lowest BCUT2D eigenvalue weighted by Crippen LogP contribution is -2.49. The van der Waals surface area contributed by atoms with Crippen molar-refractivity contribution in [3.05, 3.63) is 35.6 Å². The molecule has 2 atom stereocenters. The van der Waals surface area contributed by atoms with Gasteiger partial charge in [0.05, 0.1) is 4.87 Å². The van der Waals surface area contributed by atoms with Gasteiger partial charge in [-0.15, -0.1) is 11.8 Å². The number of amides is 2. The summed E-state index contributed by atoms with van der Waals surface area (Å²) in [4.78, 5) is 25.8. The molecule has 0 radical (unpaired) electrons. The van der Waals surface area contributed by atoms with Crippen molar-refractivity contribution in [1.29, 1.82) is 0 Å². The number of nitrogens with zero attached hydrogens (tertiary/aromatic N) is 1. The van der Waals surface area contributed by atoms with Crippen LogP contribution < -0.4 is 5.32 Å². The fourth-order valence-corrected chi connectivity index (χ4v) is 4.36. The summed E-state index contributed by atoms with van der Waals surface area (Å²) < 4.78 is 12.8. The van der Waals surface area contributed by atoms with E-state index in [9.17, 15) is 14.0 Å². The van der Waals surface area contributed by atoms with Gasteiger partial charge in [-0.05, 0) is 31.0 Å². The molecule has 3 rings (SSSR count). The summed E-state index contributed by atoms with van der Waals surface area (Å²) in [7, 11) is 0. The standard InChI is InChI=1S/C15H17FN2O2S/c1-15-7-6-13(19)18(15)12(9-21-15)14(20)17-8-10-2-4-11(16)5-3-10/h2-5,12H,6-9H2,1H3,(H,17,20)/t12-,15+/m0/s1. The van der Waals surface area contributed by atoms with Gasteiger partial charge in [0.1, 0.15) is 11.9 Å². The van der Waals surface area contributed by atoms with Crippen LogP contribution in [0.4, 0.5) is 4.39 Å². The van der Waals surface area contributed by atoms with Crippen molar-refractivity contribution >= 4 is 23.6 Å². The van der Waals surface area contributed by atoms with Crippen LogP contribution in [0.15, 0.2) is 24.3 Å². The number of benzene rings is 1. The monoisotopic (exact) mass is 308 g/mol. The van der Waals surface area contributed by atoms with Crippen molar-refractivity contribution in [3.8, 4) is 0 Å². The average Bonchev–Trinajstić information content (AvgIpc) is 2.95. The Morgan fingerprint density at radius 1 is 1.48 bits per heavy atom. The third kappa shape index (κ3) is 2.64. The molecule has 0 aromatic heterocycles. The predicted molar refractivity (Wildman–Crippen MR) is 79.0 cm³/mol. The van der Waals surface area contributed by atoms with Gasteiger partial charge in [0.2, 0.25) is 11.8 Å². The zero-order chi connectivity index (χ0) is 15.0. The first-order chi connectivity index (χ1) is 9.99. The van der Waals surface area contributed by atoms with Gasteiger partial charge >= 0.3 is 0 Å². The number of hydrogen-bond acceptors (Lipinski definition) is 3. The minimum Gasteiger partial charge on any atom is -0.350 e. The molecule has 112 valence electrons. The van der Waals surface area contributed by atoms with E-state index in [1.165, 1.54) is 12.1 Å². The minimum atomic E-state index is -0.393. The zero-order valence-electron chi connectivity index (χ0n) is 11.8. The molecule has 1 aromatic rings. The molecule has 1 N–H and O–H groups in total. The average molecular weight is 308 g/mol. The molecular formula is C15H17FN2O2S. The SMILES string of the molecule is C[C@@]12CCC(=O)N1[C@H](C(=O)NCc1ccc(F)cc1)CS2. The van der Waals surface area contributed by atoms with Crippen LogP contribution in [-0.4, -0.2) is 33.4 Å². The van der Waals surface area contributed by atoms with Gasteiger partial charge in [-0.1, -0.05) is 12.1 Å². The summed E-state index contributed by atoms with van der Waals surface area (Å²) in [6.45, 7) is 2.37. The highest BCUT2D eigenvalue weighted by molar-refractivity contribution is 8.01. The Morgan fingerprint density at radius 2 is 2.19 bits per heavy atom. The number of nitrogens with one attached hydrogen (secondary N) is 1. The number of carbonyl (C=O) groups is 2. The second-order valence-corrected chi connectivity index (χ2v) is 7.11. The molecular weight excluding hydrogens is 291 g/mol.